The molecule has 262 valence electrons. The number of pyridine rings is 1. The highest BCUT2D eigenvalue weighted by atomic mass is 79.9. The van der Waals surface area contributed by atoms with Gasteiger partial charge in [0.05, 0.1) is 21.3 Å². The van der Waals surface area contributed by atoms with Crippen LogP contribution < -0.4 is 4.74 Å². The molecule has 14 heteroatoms. The maximum absolute atomic E-state index is 15.4. The first-order valence-electron chi connectivity index (χ1n) is 16.4. The number of carbonyl (C=O) groups excluding carboxylic acids is 1. The number of likely N-dealkylation sites (N-methyl/N-ethyl adjacent to an activating group) is 1. The summed E-state index contributed by atoms with van der Waals surface area (Å²) in [5, 5.41) is 0.847. The molecule has 5 rings (SSSR count). The minimum absolute atomic E-state index is 0.0635. The number of rotatable bonds is 10. The average Bonchev–Trinajstić information content (AvgIpc) is 3.66. The Kier molecular flexibility index (Phi) is 13.5. The van der Waals surface area contributed by atoms with E-state index in [0.717, 1.165) is 24.9 Å². The molecule has 0 N–H and O–H groups in total. The highest BCUT2D eigenvalue weighted by Crippen LogP contribution is 2.39. The van der Waals surface area contributed by atoms with Crippen molar-refractivity contribution in [2.45, 2.75) is 91.4 Å². The molecule has 2 aromatic heterocycles. The summed E-state index contributed by atoms with van der Waals surface area (Å²) in [4.78, 5) is 25.8. The van der Waals surface area contributed by atoms with E-state index in [9.17, 15) is 4.79 Å². The number of hydrogen-bond donors (Lipinski definition) is 0. The lowest BCUT2D eigenvalue weighted by Gasteiger charge is -2.34. The molecule has 1 amide bonds. The summed E-state index contributed by atoms with van der Waals surface area (Å²) in [6.45, 7) is 15.3. The summed E-state index contributed by atoms with van der Waals surface area (Å²) in [6, 6.07) is 2.07. The van der Waals surface area contributed by atoms with E-state index in [0.29, 0.717) is 69.1 Å². The molecule has 1 aromatic carbocycles. The van der Waals surface area contributed by atoms with Crippen LogP contribution in [0.25, 0.3) is 21.9 Å². The number of halogens is 3. The van der Waals surface area contributed by atoms with E-state index in [4.69, 9.17) is 35.3 Å². The Morgan fingerprint density at radius 2 is 1.70 bits per heavy atom. The monoisotopic (exact) mass is 743 g/mol. The molecule has 4 heterocycles. The SMILES string of the molecule is CCOC(OCC)OCC.CN1CCC[C@H]1COc1nc2c(F)c(Br)c(Cl)cc2c2c1ncn2C1CCN(C(=O)OC(C)(C)C)CC1. The minimum Gasteiger partial charge on any atom is -0.474 e. The molecule has 0 radical (unpaired) electrons. The number of hydrogen-bond acceptors (Lipinski definition) is 9. The van der Waals surface area contributed by atoms with Gasteiger partial charge in [-0.3, -0.25) is 0 Å². The van der Waals surface area contributed by atoms with Crippen LogP contribution in [-0.2, 0) is 18.9 Å². The fraction of sp³-hybridized carbons (Fsp3) is 0.667. The predicted octanol–water partition coefficient (Wildman–Crippen LogP) is 7.56. The molecular weight excluding hydrogens is 697 g/mol. The van der Waals surface area contributed by atoms with Crippen molar-refractivity contribution in [2.24, 2.45) is 0 Å². The Morgan fingerprint density at radius 1 is 1.06 bits per heavy atom. The van der Waals surface area contributed by atoms with Gasteiger partial charge in [0.25, 0.3) is 6.48 Å². The molecule has 2 saturated heterocycles. The van der Waals surface area contributed by atoms with Crippen LogP contribution in [0, 0.1) is 5.82 Å². The number of amides is 1. The van der Waals surface area contributed by atoms with Crippen LogP contribution in [0.15, 0.2) is 16.9 Å². The Bertz CT molecular complexity index is 1480. The molecule has 2 fully saturated rings. The molecule has 11 nitrogen and oxygen atoms in total. The van der Waals surface area contributed by atoms with Gasteiger partial charge >= 0.3 is 6.09 Å². The lowest BCUT2D eigenvalue weighted by atomic mass is 10.0. The van der Waals surface area contributed by atoms with Gasteiger partial charge in [-0.2, -0.15) is 0 Å². The maximum Gasteiger partial charge on any atom is 0.410 e. The quantitative estimate of drug-likeness (QED) is 0.154. The van der Waals surface area contributed by atoms with Crippen molar-refractivity contribution in [3.63, 3.8) is 0 Å². The van der Waals surface area contributed by atoms with Gasteiger partial charge < -0.3 is 38.1 Å². The number of nitrogens with zero attached hydrogens (tertiary/aromatic N) is 5. The van der Waals surface area contributed by atoms with Crippen molar-refractivity contribution in [3.05, 3.63) is 27.7 Å². The summed E-state index contributed by atoms with van der Waals surface area (Å²) in [5.74, 6) is -0.208. The number of benzene rings is 1. The fourth-order valence-corrected chi connectivity index (χ4v) is 6.26. The molecule has 0 aliphatic carbocycles. The highest BCUT2D eigenvalue weighted by Gasteiger charge is 2.30. The van der Waals surface area contributed by atoms with Crippen LogP contribution in [0.2, 0.25) is 5.02 Å². The van der Waals surface area contributed by atoms with Gasteiger partial charge in [-0.15, -0.1) is 0 Å². The van der Waals surface area contributed by atoms with E-state index >= 15 is 4.39 Å². The first kappa shape index (κ1) is 37.5. The average molecular weight is 745 g/mol. The third-order valence-corrected chi connectivity index (χ3v) is 9.40. The fourth-order valence-electron chi connectivity index (χ4n) is 5.76. The van der Waals surface area contributed by atoms with Crippen molar-refractivity contribution in [3.8, 4) is 5.88 Å². The topological polar surface area (TPSA) is 100 Å². The first-order valence-corrected chi connectivity index (χ1v) is 17.5. The number of carbonyl (C=O) groups is 1. The Morgan fingerprint density at radius 3 is 2.26 bits per heavy atom. The Balaban J connectivity index is 0.000000434. The molecule has 0 unspecified atom stereocenters. The van der Waals surface area contributed by atoms with E-state index in [1.807, 2.05) is 41.5 Å². The zero-order chi connectivity index (χ0) is 34.3. The molecule has 0 bridgehead atoms. The number of piperidine rings is 1. The van der Waals surface area contributed by atoms with Gasteiger partial charge in [-0.25, -0.2) is 19.2 Å². The molecule has 2 aliphatic heterocycles. The summed E-state index contributed by atoms with van der Waals surface area (Å²) < 4.78 is 44.6. The normalized spacial score (nSPS) is 17.9. The zero-order valence-corrected chi connectivity index (χ0v) is 30.8. The number of ether oxygens (including phenoxy) is 5. The molecular formula is C33H48BrClFN5O6. The minimum atomic E-state index is -0.540. The zero-order valence-electron chi connectivity index (χ0n) is 28.5. The standard InChI is InChI=1S/C26H32BrClFN5O3.C7H16O3/c1-26(2,3)37-25(35)33-10-7-15(8-11-33)34-14-30-22-23(34)17-12-18(28)19(27)20(29)21(17)31-24(22)36-13-16-6-5-9-32(16)4;1-4-8-7(9-5-2)10-6-3/h12,14-16H,5-11,13H2,1-4H3;7H,4-6H2,1-3H3/t16-;/m0./s1. The highest BCUT2D eigenvalue weighted by molar-refractivity contribution is 9.10. The van der Waals surface area contributed by atoms with Crippen LogP contribution in [0.5, 0.6) is 5.88 Å². The molecule has 47 heavy (non-hydrogen) atoms. The molecule has 3 aromatic rings. The number of likely N-dealkylation sites (tertiary alicyclic amines) is 2. The van der Waals surface area contributed by atoms with Gasteiger partial charge in [0.15, 0.2) is 11.3 Å². The predicted molar refractivity (Wildman–Crippen MR) is 184 cm³/mol. The molecule has 1 atom stereocenters. The van der Waals surface area contributed by atoms with E-state index in [2.05, 4.69) is 42.4 Å². The van der Waals surface area contributed by atoms with Crippen LogP contribution in [0.3, 0.4) is 0 Å². The Hall–Kier alpha value is -2.29. The van der Waals surface area contributed by atoms with Gasteiger partial charge in [-0.1, -0.05) is 11.6 Å². The molecule has 0 saturated carbocycles. The van der Waals surface area contributed by atoms with Gasteiger partial charge in [-0.05, 0) is 103 Å². The van der Waals surface area contributed by atoms with Crippen molar-refractivity contribution >= 4 is 55.6 Å². The van der Waals surface area contributed by atoms with Crippen LogP contribution >= 0.6 is 27.5 Å². The third-order valence-electron chi connectivity index (χ3n) is 8.10. The van der Waals surface area contributed by atoms with Gasteiger partial charge in [0.1, 0.15) is 17.7 Å². The number of fused-ring (bicyclic) bond motifs is 3. The lowest BCUT2D eigenvalue weighted by Crippen LogP contribution is -2.42. The molecule has 0 spiro atoms. The molecule has 2 aliphatic rings. The number of aromatic nitrogens is 3. The summed E-state index contributed by atoms with van der Waals surface area (Å²) in [6.07, 6.45) is 5.06. The second-order valence-electron chi connectivity index (χ2n) is 12.6. The lowest BCUT2D eigenvalue weighted by molar-refractivity contribution is -0.282. The van der Waals surface area contributed by atoms with E-state index < -0.39 is 17.9 Å². The second-order valence-corrected chi connectivity index (χ2v) is 13.8. The smallest absolute Gasteiger partial charge is 0.410 e. The van der Waals surface area contributed by atoms with Gasteiger partial charge in [0.2, 0.25) is 5.88 Å². The van der Waals surface area contributed by atoms with Crippen molar-refractivity contribution in [1.29, 1.82) is 0 Å². The third kappa shape index (κ3) is 9.45. The maximum atomic E-state index is 15.4. The van der Waals surface area contributed by atoms with Crippen LogP contribution in [0.1, 0.15) is 73.3 Å². The largest absolute Gasteiger partial charge is 0.474 e. The number of imidazole rings is 1. The van der Waals surface area contributed by atoms with Crippen LogP contribution in [0.4, 0.5) is 9.18 Å². The summed E-state index contributed by atoms with van der Waals surface area (Å²) >= 11 is 9.62. The summed E-state index contributed by atoms with van der Waals surface area (Å²) in [7, 11) is 2.08. The second kappa shape index (κ2) is 16.9. The van der Waals surface area contributed by atoms with Crippen molar-refractivity contribution in [2.75, 3.05) is 53.1 Å². The first-order chi connectivity index (χ1) is 22.4. The van der Waals surface area contributed by atoms with E-state index in [-0.39, 0.29) is 33.2 Å². The Labute approximate surface area is 290 Å². The van der Waals surface area contributed by atoms with Gasteiger partial charge in [0, 0.05) is 50.4 Å². The van der Waals surface area contributed by atoms with Crippen molar-refractivity contribution in [1.82, 2.24) is 24.3 Å². The summed E-state index contributed by atoms with van der Waals surface area (Å²) in [5.41, 5.74) is 0.970. The van der Waals surface area contributed by atoms with E-state index in [1.165, 1.54) is 0 Å². The van der Waals surface area contributed by atoms with Crippen molar-refractivity contribution < 1.29 is 32.9 Å². The van der Waals surface area contributed by atoms with Crippen LogP contribution in [-0.4, -0.2) is 102 Å². The van der Waals surface area contributed by atoms with E-state index in [1.54, 1.807) is 17.3 Å².